The Bertz CT molecular complexity index is 1870. The van der Waals surface area contributed by atoms with Crippen LogP contribution in [0.4, 0.5) is 0 Å². The topological polar surface area (TPSA) is 151 Å². The molecule has 10 aliphatic carbocycles. The summed E-state index contributed by atoms with van der Waals surface area (Å²) in [6.45, 7) is 0.851. The van der Waals surface area contributed by atoms with Crippen molar-refractivity contribution in [3.8, 4) is 0 Å². The normalized spacial score (nSPS) is 42.0. The highest BCUT2D eigenvalue weighted by atomic mass is 32.1. The lowest BCUT2D eigenvalue weighted by Gasteiger charge is -2.56. The molecule has 2 heterocycles. The molecule has 2 saturated heterocycles. The first-order chi connectivity index (χ1) is 28.7. The van der Waals surface area contributed by atoms with Crippen LogP contribution in [-0.2, 0) is 38.2 Å². The van der Waals surface area contributed by atoms with Gasteiger partial charge in [0.1, 0.15) is 10.8 Å². The minimum atomic E-state index is -1.47. The summed E-state index contributed by atoms with van der Waals surface area (Å²) in [5.74, 6) is 2.59. The molecule has 4 amide bonds. The number of carbonyl (C=O) groups excluding carboxylic acids is 6. The van der Waals surface area contributed by atoms with Gasteiger partial charge in [0.25, 0.3) is 0 Å². The molecule has 12 aliphatic rings. The fraction of sp³-hybridized carbons (Fsp3) is 0.739. The number of hydrogen-bond donors (Lipinski definition) is 2. The van der Waals surface area contributed by atoms with Crippen LogP contribution in [0.2, 0.25) is 0 Å². The quantitative estimate of drug-likeness (QED) is 0.120. The first-order valence-electron chi connectivity index (χ1n) is 22.6. The van der Waals surface area contributed by atoms with Gasteiger partial charge in [-0.1, -0.05) is 24.3 Å². The maximum Gasteiger partial charge on any atom is 0.307 e. The molecule has 4 atom stereocenters. The van der Waals surface area contributed by atoms with Crippen LogP contribution in [0.25, 0.3) is 0 Å². The maximum atomic E-state index is 13.3. The molecule has 60 heavy (non-hydrogen) atoms. The molecule has 0 radical (unpaired) electrons. The average molecular weight is 861 g/mol. The summed E-state index contributed by atoms with van der Waals surface area (Å²) in [6, 6.07) is 0. The van der Waals surface area contributed by atoms with E-state index in [1.54, 1.807) is 14.1 Å². The summed E-state index contributed by atoms with van der Waals surface area (Å²) < 4.78 is 11.6. The molecule has 0 spiro atoms. The van der Waals surface area contributed by atoms with Crippen molar-refractivity contribution in [3.05, 3.63) is 24.3 Å². The number of hydrogen-bond acceptors (Lipinski definition) is 10. The van der Waals surface area contributed by atoms with Crippen molar-refractivity contribution in [2.45, 2.75) is 109 Å². The van der Waals surface area contributed by atoms with Gasteiger partial charge in [-0.15, -0.1) is 0 Å². The smallest absolute Gasteiger partial charge is 0.307 e. The van der Waals surface area contributed by atoms with Gasteiger partial charge in [-0.05, 0) is 168 Å². The highest BCUT2D eigenvalue weighted by Gasteiger charge is 2.60. The zero-order chi connectivity index (χ0) is 42.1. The zero-order valence-corrected chi connectivity index (χ0v) is 36.6. The fourth-order valence-electron chi connectivity index (χ4n) is 14.6. The summed E-state index contributed by atoms with van der Waals surface area (Å²) in [5, 5.41) is 5.45. The summed E-state index contributed by atoms with van der Waals surface area (Å²) >= 11 is 10.2. The van der Waals surface area contributed by atoms with E-state index in [2.05, 4.69) is 10.6 Å². The number of thiocarbonyl (C=S) groups is 2. The van der Waals surface area contributed by atoms with E-state index in [0.29, 0.717) is 43.8 Å². The van der Waals surface area contributed by atoms with Gasteiger partial charge in [-0.3, -0.25) is 38.6 Å². The predicted molar refractivity (Wildman–Crippen MR) is 228 cm³/mol. The van der Waals surface area contributed by atoms with Crippen molar-refractivity contribution in [1.29, 1.82) is 0 Å². The van der Waals surface area contributed by atoms with E-state index in [4.69, 9.17) is 33.9 Å². The lowest BCUT2D eigenvalue weighted by atomic mass is 9.50. The van der Waals surface area contributed by atoms with Crippen LogP contribution < -0.4 is 10.6 Å². The van der Waals surface area contributed by atoms with Gasteiger partial charge in [0, 0.05) is 31.3 Å². The Morgan fingerprint density at radius 1 is 0.650 bits per heavy atom. The average Bonchev–Trinajstić information content (AvgIpc) is 3.95. The molecule has 0 aromatic heterocycles. The molecular weight excluding hydrogens is 801 g/mol. The molecular formula is C46H60N4O8S2. The van der Waals surface area contributed by atoms with Crippen molar-refractivity contribution in [1.82, 2.24) is 20.4 Å². The third-order valence-corrected chi connectivity index (χ3v) is 17.7. The van der Waals surface area contributed by atoms with E-state index in [1.807, 2.05) is 24.3 Å². The summed E-state index contributed by atoms with van der Waals surface area (Å²) in [7, 11) is 3.11. The van der Waals surface area contributed by atoms with Crippen LogP contribution in [0.5, 0.6) is 0 Å². The molecule has 8 saturated carbocycles. The first-order valence-corrected chi connectivity index (χ1v) is 23.4. The van der Waals surface area contributed by atoms with Gasteiger partial charge in [0.2, 0.25) is 23.6 Å². The third-order valence-electron chi connectivity index (χ3n) is 16.9. The van der Waals surface area contributed by atoms with Gasteiger partial charge >= 0.3 is 11.9 Å². The number of allylic oxidation sites excluding steroid dienone is 4. The van der Waals surface area contributed by atoms with Crippen LogP contribution in [0.3, 0.4) is 0 Å². The molecule has 2 N–H and O–H groups in total. The van der Waals surface area contributed by atoms with E-state index < -0.39 is 46.4 Å². The summed E-state index contributed by atoms with van der Waals surface area (Å²) in [6.07, 6.45) is 24.2. The van der Waals surface area contributed by atoms with Gasteiger partial charge in [-0.25, -0.2) is 0 Å². The number of nitrogens with zero attached hydrogens (tertiary/aromatic N) is 2. The number of rotatable bonds is 10. The SMILES string of the molecule is CN1C(=O)C(CC(=O)OCC23CC4CC(CC(C4)C2)C3)(C2C=CCC2)C(=O)NC1=S.CN1C(=O)C(CC(=O)OCC2C3CC4CC(C3)CC2C4)(C2C=CCC2)C(=O)NC1=S. The van der Waals surface area contributed by atoms with Gasteiger partial charge < -0.3 is 20.1 Å². The highest BCUT2D eigenvalue weighted by Crippen LogP contribution is 2.60. The lowest BCUT2D eigenvalue weighted by Crippen LogP contribution is -2.65. The number of esters is 2. The van der Waals surface area contributed by atoms with Crippen molar-refractivity contribution < 1.29 is 38.2 Å². The monoisotopic (exact) mass is 860 g/mol. The molecule has 12 nitrogen and oxygen atoms in total. The van der Waals surface area contributed by atoms with Crippen molar-refractivity contribution in [2.24, 2.45) is 75.4 Å². The molecule has 0 aromatic carbocycles. The summed E-state index contributed by atoms with van der Waals surface area (Å²) in [4.78, 5) is 81.1. The van der Waals surface area contributed by atoms with E-state index in [9.17, 15) is 28.8 Å². The number of amides is 4. The van der Waals surface area contributed by atoms with Gasteiger partial charge in [0.05, 0.1) is 26.1 Å². The molecule has 8 bridgehead atoms. The standard InChI is InChI=1S/2C23H30N2O4S/c1-25-20(28)23(17-4-2-3-5-17,19(27)24-21(25)30)12-18(26)29-13-22-9-14-6-15(10-22)8-16(7-14)11-22;1-25-21(28)23(17-4-2-3-5-17,20(27)24-22(25)30)11-19(26)29-12-18-15-7-13-6-14(9-15)10-16(18)8-13/h2,4,14-17H,3,5-13H2,1H3,(H,24,27,30);2,4,13-18H,3,5-12H2,1H3,(H,24,27,30). The van der Waals surface area contributed by atoms with Crippen LogP contribution in [0.1, 0.15) is 109 Å². The minimum Gasteiger partial charge on any atom is -0.465 e. The molecule has 2 aliphatic heterocycles. The van der Waals surface area contributed by atoms with Gasteiger partial charge in [0.15, 0.2) is 10.2 Å². The number of ether oxygens (including phenoxy) is 2. The number of nitrogens with one attached hydrogen (secondary N) is 2. The molecule has 324 valence electrons. The number of carbonyl (C=O) groups is 6. The summed E-state index contributed by atoms with van der Waals surface area (Å²) in [5.41, 5.74) is -2.82. The zero-order valence-electron chi connectivity index (χ0n) is 35.0. The lowest BCUT2D eigenvalue weighted by molar-refractivity contribution is -0.167. The van der Waals surface area contributed by atoms with Crippen LogP contribution in [0.15, 0.2) is 24.3 Å². The largest absolute Gasteiger partial charge is 0.465 e. The Morgan fingerprint density at radius 3 is 1.48 bits per heavy atom. The molecule has 12 rings (SSSR count). The fourth-order valence-corrected chi connectivity index (χ4v) is 15.0. The van der Waals surface area contributed by atoms with E-state index in [1.165, 1.54) is 61.2 Å². The Labute approximate surface area is 363 Å². The van der Waals surface area contributed by atoms with E-state index >= 15 is 0 Å². The van der Waals surface area contributed by atoms with E-state index in [0.717, 1.165) is 61.7 Å². The van der Waals surface area contributed by atoms with Crippen LogP contribution >= 0.6 is 24.4 Å². The van der Waals surface area contributed by atoms with Crippen molar-refractivity contribution >= 4 is 70.2 Å². The third kappa shape index (κ3) is 7.26. The van der Waals surface area contributed by atoms with Gasteiger partial charge in [-0.2, -0.15) is 0 Å². The Morgan fingerprint density at radius 2 is 1.07 bits per heavy atom. The molecule has 4 unspecified atom stereocenters. The maximum absolute atomic E-state index is 13.3. The predicted octanol–water partition coefficient (Wildman–Crippen LogP) is 5.78. The molecule has 14 heteroatoms. The Kier molecular flexibility index (Phi) is 11.1. The second kappa shape index (κ2) is 16.0. The molecule has 10 fully saturated rings. The van der Waals surface area contributed by atoms with Crippen LogP contribution in [0, 0.1) is 75.4 Å². The Hall–Kier alpha value is -3.52. The Balaban J connectivity index is 0.000000154. The highest BCUT2D eigenvalue weighted by molar-refractivity contribution is 7.80. The first kappa shape index (κ1) is 41.8. The van der Waals surface area contributed by atoms with E-state index in [-0.39, 0.29) is 40.3 Å². The minimum absolute atomic E-state index is 0.0875. The van der Waals surface area contributed by atoms with Crippen molar-refractivity contribution in [2.75, 3.05) is 27.3 Å². The molecule has 0 aromatic rings. The second-order valence-electron chi connectivity index (χ2n) is 20.6. The second-order valence-corrected chi connectivity index (χ2v) is 21.4. The van der Waals surface area contributed by atoms with Crippen molar-refractivity contribution in [3.63, 3.8) is 0 Å². The van der Waals surface area contributed by atoms with Crippen LogP contribution in [-0.4, -0.2) is 82.9 Å².